The van der Waals surface area contributed by atoms with Gasteiger partial charge in [-0.15, -0.1) is 0 Å². The first-order chi connectivity index (χ1) is 10.6. The molecular weight excluding hydrogens is 328 g/mol. The average Bonchev–Trinajstić information content (AvgIpc) is 3.07. The maximum atomic E-state index is 13.3. The highest BCUT2D eigenvalue weighted by molar-refractivity contribution is 6.69. The van der Waals surface area contributed by atoms with E-state index in [0.717, 1.165) is 10.0 Å². The third kappa shape index (κ3) is 2.74. The van der Waals surface area contributed by atoms with Crippen LogP contribution in [0, 0.1) is 0 Å². The van der Waals surface area contributed by atoms with Gasteiger partial charge in [0.15, 0.2) is 0 Å². The molecule has 0 N–H and O–H groups in total. The molecule has 0 saturated heterocycles. The van der Waals surface area contributed by atoms with Gasteiger partial charge in [-0.25, -0.2) is 4.99 Å². The van der Waals surface area contributed by atoms with Gasteiger partial charge in [0, 0.05) is 11.3 Å². The van der Waals surface area contributed by atoms with Gasteiger partial charge in [-0.3, -0.25) is 8.63 Å². The molecule has 2 heterocycles. The smallest absolute Gasteiger partial charge is 0.316 e. The van der Waals surface area contributed by atoms with Crippen molar-refractivity contribution < 1.29 is 8.63 Å². The summed E-state index contributed by atoms with van der Waals surface area (Å²) in [4.78, 5) is 4.20. The van der Waals surface area contributed by atoms with Crippen LogP contribution in [0.4, 0.5) is 8.63 Å². The maximum absolute atomic E-state index is 13.3. The molecule has 0 atom stereocenters. The number of rotatable bonds is 3. The minimum Gasteiger partial charge on any atom is -0.316 e. The molecule has 110 valence electrons. The number of benzene rings is 1. The van der Waals surface area contributed by atoms with Crippen LogP contribution in [0.2, 0.25) is 5.15 Å². The summed E-state index contributed by atoms with van der Waals surface area (Å²) in [5.41, 5.74) is 2.13. The highest BCUT2D eigenvalue weighted by Crippen LogP contribution is 2.33. The van der Waals surface area contributed by atoms with Crippen molar-refractivity contribution in [1.82, 2.24) is 4.48 Å². The molecule has 0 saturated carbocycles. The van der Waals surface area contributed by atoms with Gasteiger partial charge < -0.3 is 4.48 Å². The molecule has 1 aliphatic rings. The summed E-state index contributed by atoms with van der Waals surface area (Å²) in [6, 6.07) is 12.2. The molecule has 3 rings (SSSR count). The van der Waals surface area contributed by atoms with Gasteiger partial charge >= 0.3 is 7.40 Å². The van der Waals surface area contributed by atoms with Gasteiger partial charge in [-0.1, -0.05) is 53.5 Å². The molecule has 0 amide bonds. The first-order valence-corrected chi connectivity index (χ1v) is 7.21. The van der Waals surface area contributed by atoms with Crippen molar-refractivity contribution in [2.75, 3.05) is 0 Å². The summed E-state index contributed by atoms with van der Waals surface area (Å²) < 4.78 is 27.4. The van der Waals surface area contributed by atoms with Gasteiger partial charge in [-0.05, 0) is 29.8 Å². The summed E-state index contributed by atoms with van der Waals surface area (Å²) in [7, 11) is -2.75. The summed E-state index contributed by atoms with van der Waals surface area (Å²) in [6.07, 6.45) is 3.32. The Kier molecular flexibility index (Phi) is 4.18. The molecule has 1 aromatic carbocycles. The average molecular weight is 337 g/mol. The van der Waals surface area contributed by atoms with E-state index in [4.69, 9.17) is 23.2 Å². The second-order valence-corrected chi connectivity index (χ2v) is 5.36. The zero-order valence-electron chi connectivity index (χ0n) is 11.2. The van der Waals surface area contributed by atoms with Crippen LogP contribution in [0.25, 0.3) is 5.57 Å². The van der Waals surface area contributed by atoms with E-state index < -0.39 is 7.40 Å². The Balaban J connectivity index is 2.28. The summed E-state index contributed by atoms with van der Waals surface area (Å²) >= 11 is 11.8. The van der Waals surface area contributed by atoms with E-state index in [2.05, 4.69) is 4.99 Å². The minimum atomic E-state index is -2.75. The number of aromatic nitrogens is 1. The number of hydrogen-bond donors (Lipinski definition) is 0. The number of halogens is 4. The van der Waals surface area contributed by atoms with Gasteiger partial charge in [0.1, 0.15) is 10.3 Å². The Hall–Kier alpha value is -1.85. The van der Waals surface area contributed by atoms with Crippen molar-refractivity contribution in [2.24, 2.45) is 4.99 Å². The van der Waals surface area contributed by atoms with Crippen LogP contribution in [0.5, 0.6) is 0 Å². The molecule has 0 unspecified atom stereocenters. The summed E-state index contributed by atoms with van der Waals surface area (Å²) in [5.74, 6) is 0. The Bertz CT molecular complexity index is 795. The van der Waals surface area contributed by atoms with Gasteiger partial charge in [0.05, 0.1) is 5.70 Å². The lowest BCUT2D eigenvalue weighted by atomic mass is 9.99. The lowest BCUT2D eigenvalue weighted by Gasteiger charge is -2.13. The maximum Gasteiger partial charge on any atom is 0.678 e. The molecule has 7 heteroatoms. The van der Waals surface area contributed by atoms with Crippen LogP contribution in [0.3, 0.4) is 0 Å². The van der Waals surface area contributed by atoms with Crippen molar-refractivity contribution in [3.05, 3.63) is 76.7 Å². The van der Waals surface area contributed by atoms with Gasteiger partial charge in [0.2, 0.25) is 0 Å². The zero-order chi connectivity index (χ0) is 15.7. The monoisotopic (exact) mass is 336 g/mol. The zero-order valence-corrected chi connectivity index (χ0v) is 12.7. The SMILES string of the molecule is FB(F)n1c(Cl)ccc1/C(=C1/C=CC(Cl)=N1)c1ccccc1. The molecule has 0 spiro atoms. The Labute approximate surface area is 136 Å². The highest BCUT2D eigenvalue weighted by atomic mass is 35.5. The third-order valence-electron chi connectivity index (χ3n) is 3.24. The first kappa shape index (κ1) is 15.1. The van der Waals surface area contributed by atoms with Crippen LogP contribution in [0.15, 0.2) is 65.3 Å². The predicted octanol–water partition coefficient (Wildman–Crippen LogP) is 4.88. The fourth-order valence-corrected chi connectivity index (χ4v) is 2.72. The van der Waals surface area contributed by atoms with E-state index in [1.165, 1.54) is 6.07 Å². The molecule has 1 aromatic heterocycles. The topological polar surface area (TPSA) is 17.3 Å². The van der Waals surface area contributed by atoms with Crippen molar-refractivity contribution in [3.63, 3.8) is 0 Å². The van der Waals surface area contributed by atoms with E-state index in [1.807, 2.05) is 30.3 Å². The fourth-order valence-electron chi connectivity index (χ4n) is 2.33. The van der Waals surface area contributed by atoms with E-state index in [-0.39, 0.29) is 5.15 Å². The quantitative estimate of drug-likeness (QED) is 0.711. The third-order valence-corrected chi connectivity index (χ3v) is 3.76. The van der Waals surface area contributed by atoms with Crippen LogP contribution >= 0.6 is 23.2 Å². The van der Waals surface area contributed by atoms with Gasteiger partial charge in [0.25, 0.3) is 0 Å². The Morgan fingerprint density at radius 1 is 1.00 bits per heavy atom. The predicted molar refractivity (Wildman–Crippen MR) is 87.7 cm³/mol. The molecule has 0 aliphatic carbocycles. The van der Waals surface area contributed by atoms with Crippen molar-refractivity contribution >= 4 is 41.3 Å². The second-order valence-electron chi connectivity index (χ2n) is 4.58. The van der Waals surface area contributed by atoms with Crippen LogP contribution in [0.1, 0.15) is 11.3 Å². The minimum absolute atomic E-state index is 0.0314. The lowest BCUT2D eigenvalue weighted by Crippen LogP contribution is -2.16. The van der Waals surface area contributed by atoms with Crippen molar-refractivity contribution in [2.45, 2.75) is 0 Å². The number of nitrogens with zero attached hydrogens (tertiary/aromatic N) is 2. The summed E-state index contributed by atoms with van der Waals surface area (Å²) in [6.45, 7) is 0. The van der Waals surface area contributed by atoms with E-state index in [9.17, 15) is 8.63 Å². The molecule has 0 radical (unpaired) electrons. The molecule has 0 fully saturated rings. The van der Waals surface area contributed by atoms with E-state index >= 15 is 0 Å². The fraction of sp³-hybridized carbons (Fsp3) is 0. The molecule has 1 aliphatic heterocycles. The first-order valence-electron chi connectivity index (χ1n) is 6.45. The van der Waals surface area contributed by atoms with E-state index in [1.54, 1.807) is 18.2 Å². The highest BCUT2D eigenvalue weighted by Gasteiger charge is 2.26. The van der Waals surface area contributed by atoms with E-state index in [0.29, 0.717) is 22.1 Å². The largest absolute Gasteiger partial charge is 0.678 e. The number of hydrogen-bond acceptors (Lipinski definition) is 1. The molecule has 0 bridgehead atoms. The molecule has 2 nitrogen and oxygen atoms in total. The lowest BCUT2D eigenvalue weighted by molar-refractivity contribution is 0.628. The summed E-state index contributed by atoms with van der Waals surface area (Å²) in [5, 5.41) is 0.278. The van der Waals surface area contributed by atoms with Crippen LogP contribution < -0.4 is 0 Å². The van der Waals surface area contributed by atoms with Crippen molar-refractivity contribution in [3.8, 4) is 0 Å². The normalized spacial score (nSPS) is 15.9. The number of allylic oxidation sites excluding steroid dienone is 2. The Morgan fingerprint density at radius 3 is 2.32 bits per heavy atom. The molecule has 22 heavy (non-hydrogen) atoms. The van der Waals surface area contributed by atoms with Crippen LogP contribution in [-0.2, 0) is 0 Å². The molecular formula is C15H9BCl2F2N2. The van der Waals surface area contributed by atoms with Crippen LogP contribution in [-0.4, -0.2) is 17.1 Å². The Morgan fingerprint density at radius 2 is 1.73 bits per heavy atom. The van der Waals surface area contributed by atoms with Crippen molar-refractivity contribution in [1.29, 1.82) is 0 Å². The second kappa shape index (κ2) is 6.11. The standard InChI is InChI=1S/C15H9BCl2F2N2/c17-13-8-6-11(21-13)15(10-4-2-1-3-5-10)12-7-9-14(18)22(12)16(19)20/h1-9H/b15-11-. The molecule has 2 aromatic rings. The van der Waals surface area contributed by atoms with Gasteiger partial charge in [-0.2, -0.15) is 0 Å². The number of aliphatic imine (C=N–C) groups is 1.